The molecule has 2 aliphatic heterocycles. The Hall–Kier alpha value is -3.11. The highest BCUT2D eigenvalue weighted by molar-refractivity contribution is 6.30. The fourth-order valence-corrected chi connectivity index (χ4v) is 6.45. The number of aromatic nitrogens is 3. The summed E-state index contributed by atoms with van der Waals surface area (Å²) in [5.74, 6) is -0.174. The molecule has 1 aromatic heterocycles. The van der Waals surface area contributed by atoms with E-state index in [1.165, 1.54) is 56.3 Å². The number of nitrogens with zero attached hydrogens (tertiary/aromatic N) is 4. The SMILES string of the molecule is O=CC(NC(=O)[C@H]1Cc2ccccc2CN1)c1ccc(Cl)cc1.c1nncn1CC1(N2CCNCC2)CCCCC1. The average molecular weight is 578 g/mol. The van der Waals surface area contributed by atoms with Crippen LogP contribution in [-0.2, 0) is 29.1 Å². The number of amides is 1. The van der Waals surface area contributed by atoms with E-state index in [4.69, 9.17) is 11.6 Å². The van der Waals surface area contributed by atoms with Gasteiger partial charge >= 0.3 is 0 Å². The molecule has 3 aliphatic rings. The molecule has 6 rings (SSSR count). The maximum Gasteiger partial charge on any atom is 0.238 e. The number of halogens is 1. The Kier molecular flexibility index (Phi) is 10.2. The van der Waals surface area contributed by atoms with Crippen LogP contribution in [0, 0.1) is 0 Å². The molecule has 2 fully saturated rings. The van der Waals surface area contributed by atoms with Crippen LogP contribution in [0.2, 0.25) is 5.02 Å². The maximum atomic E-state index is 12.5. The summed E-state index contributed by atoms with van der Waals surface area (Å²) in [6, 6.07) is 13.9. The second-order valence-corrected chi connectivity index (χ2v) is 11.7. The summed E-state index contributed by atoms with van der Waals surface area (Å²) < 4.78 is 2.16. The number of nitrogens with one attached hydrogen (secondary N) is 3. The lowest BCUT2D eigenvalue weighted by molar-refractivity contribution is -0.126. The van der Waals surface area contributed by atoms with Gasteiger partial charge in [0.05, 0.1) is 6.04 Å². The molecule has 10 heteroatoms. The Morgan fingerprint density at radius 3 is 2.39 bits per heavy atom. The van der Waals surface area contributed by atoms with Gasteiger partial charge in [0.2, 0.25) is 5.91 Å². The smallest absolute Gasteiger partial charge is 0.238 e. The second-order valence-electron chi connectivity index (χ2n) is 11.2. The molecule has 1 saturated carbocycles. The van der Waals surface area contributed by atoms with Gasteiger partial charge in [-0.15, -0.1) is 10.2 Å². The summed E-state index contributed by atoms with van der Waals surface area (Å²) in [6.45, 7) is 6.33. The van der Waals surface area contributed by atoms with Crippen LogP contribution in [0.15, 0.2) is 61.2 Å². The highest BCUT2D eigenvalue weighted by Gasteiger charge is 2.38. The minimum absolute atomic E-state index is 0.174. The molecule has 2 atom stereocenters. The zero-order chi connectivity index (χ0) is 28.5. The predicted molar refractivity (Wildman–Crippen MR) is 159 cm³/mol. The van der Waals surface area contributed by atoms with E-state index in [1.807, 2.05) is 30.9 Å². The van der Waals surface area contributed by atoms with Crippen LogP contribution in [0.1, 0.15) is 54.8 Å². The van der Waals surface area contributed by atoms with E-state index in [-0.39, 0.29) is 11.9 Å². The number of rotatable bonds is 7. The van der Waals surface area contributed by atoms with E-state index in [0.29, 0.717) is 29.1 Å². The number of carbonyl (C=O) groups is 2. The third-order valence-corrected chi connectivity index (χ3v) is 8.83. The van der Waals surface area contributed by atoms with Crippen molar-refractivity contribution in [1.29, 1.82) is 0 Å². The first kappa shape index (κ1) is 29.4. The van der Waals surface area contributed by atoms with Gasteiger partial charge in [0.15, 0.2) is 0 Å². The normalized spacial score (nSPS) is 21.0. The van der Waals surface area contributed by atoms with E-state index < -0.39 is 6.04 Å². The van der Waals surface area contributed by atoms with Crippen molar-refractivity contribution in [2.75, 3.05) is 26.2 Å². The van der Waals surface area contributed by atoms with Crippen LogP contribution >= 0.6 is 11.6 Å². The highest BCUT2D eigenvalue weighted by Crippen LogP contribution is 2.35. The van der Waals surface area contributed by atoms with Crippen molar-refractivity contribution >= 4 is 23.8 Å². The first-order valence-corrected chi connectivity index (χ1v) is 15.0. The van der Waals surface area contributed by atoms with E-state index in [9.17, 15) is 9.59 Å². The molecule has 0 radical (unpaired) electrons. The van der Waals surface area contributed by atoms with Crippen molar-refractivity contribution in [2.45, 2.75) is 69.2 Å². The third kappa shape index (κ3) is 7.60. The van der Waals surface area contributed by atoms with E-state index in [0.717, 1.165) is 25.9 Å². The minimum atomic E-state index is -0.668. The highest BCUT2D eigenvalue weighted by atomic mass is 35.5. The monoisotopic (exact) mass is 577 g/mol. The fraction of sp³-hybridized carbons (Fsp3) is 0.484. The summed E-state index contributed by atoms with van der Waals surface area (Å²) in [4.78, 5) is 26.5. The quantitative estimate of drug-likeness (QED) is 0.370. The van der Waals surface area contributed by atoms with Crippen molar-refractivity contribution in [3.05, 3.63) is 82.9 Å². The first-order chi connectivity index (χ1) is 20.1. The second kappa shape index (κ2) is 14.2. The van der Waals surface area contributed by atoms with E-state index in [2.05, 4.69) is 41.7 Å². The molecule has 1 saturated heterocycles. The lowest BCUT2D eigenvalue weighted by atomic mass is 9.79. The van der Waals surface area contributed by atoms with Gasteiger partial charge in [0.1, 0.15) is 25.0 Å². The molecule has 1 aliphatic carbocycles. The molecule has 3 N–H and O–H groups in total. The van der Waals surface area contributed by atoms with E-state index in [1.54, 1.807) is 24.3 Å². The zero-order valence-electron chi connectivity index (χ0n) is 23.5. The zero-order valence-corrected chi connectivity index (χ0v) is 24.2. The molecule has 41 heavy (non-hydrogen) atoms. The molecular weight excluding hydrogens is 538 g/mol. The lowest BCUT2D eigenvalue weighted by Crippen LogP contribution is -2.58. The minimum Gasteiger partial charge on any atom is -0.341 e. The largest absolute Gasteiger partial charge is 0.341 e. The Balaban J connectivity index is 0.000000169. The van der Waals surface area contributed by atoms with Gasteiger partial charge < -0.3 is 25.3 Å². The summed E-state index contributed by atoms with van der Waals surface area (Å²) in [7, 11) is 0. The number of hydrogen-bond donors (Lipinski definition) is 3. The summed E-state index contributed by atoms with van der Waals surface area (Å²) in [5.41, 5.74) is 3.44. The van der Waals surface area contributed by atoms with Gasteiger partial charge in [0.25, 0.3) is 0 Å². The molecule has 1 unspecified atom stereocenters. The van der Waals surface area contributed by atoms with Gasteiger partial charge in [-0.05, 0) is 48.1 Å². The Labute approximate surface area is 247 Å². The molecular formula is C31H40ClN7O2. The molecule has 3 aromatic rings. The van der Waals surface area contributed by atoms with Crippen molar-refractivity contribution in [2.24, 2.45) is 0 Å². The predicted octanol–water partition coefficient (Wildman–Crippen LogP) is 3.30. The molecule has 9 nitrogen and oxygen atoms in total. The van der Waals surface area contributed by atoms with Crippen LogP contribution in [-0.4, -0.2) is 69.6 Å². The van der Waals surface area contributed by atoms with Gasteiger partial charge in [-0.25, -0.2) is 0 Å². The Morgan fingerprint density at radius 2 is 1.71 bits per heavy atom. The van der Waals surface area contributed by atoms with Crippen LogP contribution in [0.4, 0.5) is 0 Å². The van der Waals surface area contributed by atoms with Gasteiger partial charge in [-0.2, -0.15) is 0 Å². The Bertz CT molecular complexity index is 1260. The van der Waals surface area contributed by atoms with Crippen molar-refractivity contribution in [3.63, 3.8) is 0 Å². The van der Waals surface area contributed by atoms with Crippen LogP contribution < -0.4 is 16.0 Å². The average Bonchev–Trinajstić information content (AvgIpc) is 3.54. The van der Waals surface area contributed by atoms with Crippen molar-refractivity contribution in [1.82, 2.24) is 35.6 Å². The van der Waals surface area contributed by atoms with Crippen molar-refractivity contribution < 1.29 is 9.59 Å². The van der Waals surface area contributed by atoms with Gasteiger partial charge in [-0.1, -0.05) is 67.3 Å². The molecule has 2 aromatic carbocycles. The number of benzene rings is 2. The maximum absolute atomic E-state index is 12.5. The fourth-order valence-electron chi connectivity index (χ4n) is 6.33. The van der Waals surface area contributed by atoms with Crippen LogP contribution in [0.25, 0.3) is 0 Å². The number of piperazine rings is 1. The molecule has 218 valence electrons. The molecule has 0 spiro atoms. The van der Waals surface area contributed by atoms with Gasteiger partial charge in [-0.3, -0.25) is 9.69 Å². The number of hydrogen-bond acceptors (Lipinski definition) is 7. The lowest BCUT2D eigenvalue weighted by Gasteiger charge is -2.48. The third-order valence-electron chi connectivity index (χ3n) is 8.58. The molecule has 0 bridgehead atoms. The van der Waals surface area contributed by atoms with Gasteiger partial charge in [0, 0.05) is 49.8 Å². The van der Waals surface area contributed by atoms with Crippen LogP contribution in [0.3, 0.4) is 0 Å². The number of aldehydes is 1. The molecule has 1 amide bonds. The van der Waals surface area contributed by atoms with Crippen LogP contribution in [0.5, 0.6) is 0 Å². The molecule has 3 heterocycles. The Morgan fingerprint density at radius 1 is 1.02 bits per heavy atom. The summed E-state index contributed by atoms with van der Waals surface area (Å²) in [5, 5.41) is 17.9. The standard InChI is InChI=1S/C18H17ClN2O2.C13H23N5/c19-15-7-5-12(6-8-15)17(11-22)21-18(23)16-9-13-3-1-2-4-14(13)10-20-16;1-2-4-13(5-3-1,10-17-11-15-16-12-17)18-8-6-14-7-9-18/h1-8,11,16-17,20H,9-10H2,(H,21,23);11-12,14H,1-10H2/t16-,17?;/m1./s1. The first-order valence-electron chi connectivity index (χ1n) is 14.7. The summed E-state index contributed by atoms with van der Waals surface area (Å²) >= 11 is 5.85. The summed E-state index contributed by atoms with van der Waals surface area (Å²) in [6.07, 6.45) is 11.9. The number of fused-ring (bicyclic) bond motifs is 1. The van der Waals surface area contributed by atoms with Crippen molar-refractivity contribution in [3.8, 4) is 0 Å². The van der Waals surface area contributed by atoms with E-state index >= 15 is 0 Å². The topological polar surface area (TPSA) is 104 Å². The number of carbonyl (C=O) groups excluding carboxylic acids is 2.